The maximum atomic E-state index is 12.3. The van der Waals surface area contributed by atoms with Crippen molar-refractivity contribution < 1.29 is 9.59 Å². The van der Waals surface area contributed by atoms with Gasteiger partial charge in [0.1, 0.15) is 0 Å². The average molecular weight is 359 g/mol. The Bertz CT molecular complexity index is 750. The number of Topliss-reactive ketones (excluding diaryl/α,β-unsaturated/α-hetero) is 1. The summed E-state index contributed by atoms with van der Waals surface area (Å²) in [6.45, 7) is 5.27. The van der Waals surface area contributed by atoms with Gasteiger partial charge in [-0.2, -0.15) is 0 Å². The summed E-state index contributed by atoms with van der Waals surface area (Å²) >= 11 is 1.62. The fourth-order valence-electron chi connectivity index (χ4n) is 2.78. The van der Waals surface area contributed by atoms with Crippen LogP contribution in [0.1, 0.15) is 44.1 Å². The lowest BCUT2D eigenvalue weighted by atomic mass is 10.1. The molecular weight excluding hydrogens is 332 g/mol. The first-order valence-electron chi connectivity index (χ1n) is 8.45. The van der Waals surface area contributed by atoms with Crippen molar-refractivity contribution in [2.75, 3.05) is 14.1 Å². The number of amides is 1. The van der Waals surface area contributed by atoms with E-state index in [1.165, 1.54) is 5.56 Å². The molecule has 1 heterocycles. The third kappa shape index (κ3) is 5.80. The van der Waals surface area contributed by atoms with E-state index in [4.69, 9.17) is 0 Å². The van der Waals surface area contributed by atoms with Gasteiger partial charge in [0, 0.05) is 41.2 Å². The van der Waals surface area contributed by atoms with Gasteiger partial charge in [-0.1, -0.05) is 24.3 Å². The number of thiophene rings is 1. The van der Waals surface area contributed by atoms with E-state index in [0.717, 1.165) is 27.4 Å². The summed E-state index contributed by atoms with van der Waals surface area (Å²) in [5.74, 6) is -0.0392. The van der Waals surface area contributed by atoms with Crippen LogP contribution in [0.5, 0.6) is 0 Å². The highest BCUT2D eigenvalue weighted by atomic mass is 32.1. The first-order chi connectivity index (χ1) is 11.9. The van der Waals surface area contributed by atoms with E-state index in [2.05, 4.69) is 16.3 Å². The third-order valence-electron chi connectivity index (χ3n) is 4.00. The minimum absolute atomic E-state index is 0.0463. The van der Waals surface area contributed by atoms with Gasteiger partial charge >= 0.3 is 0 Å². The molecule has 0 aliphatic rings. The molecule has 0 unspecified atom stereocenters. The molecule has 0 atom stereocenters. The number of benzene rings is 1. The Kier molecular flexibility index (Phi) is 6.91. The van der Waals surface area contributed by atoms with Gasteiger partial charge in [-0.15, -0.1) is 11.3 Å². The predicted octanol–water partition coefficient (Wildman–Crippen LogP) is 3.71. The highest BCUT2D eigenvalue weighted by Gasteiger charge is 2.14. The molecule has 2 aromatic rings. The lowest BCUT2D eigenvalue weighted by molar-refractivity contribution is -0.121. The fourth-order valence-corrected chi connectivity index (χ4v) is 3.72. The molecule has 134 valence electrons. The Balaban J connectivity index is 1.85. The van der Waals surface area contributed by atoms with Gasteiger partial charge in [-0.3, -0.25) is 9.59 Å². The number of nitrogens with one attached hydrogen (secondary N) is 1. The van der Waals surface area contributed by atoms with Crippen molar-refractivity contribution in [3.8, 4) is 0 Å². The molecule has 5 heteroatoms. The maximum Gasteiger partial charge on any atom is 0.220 e. The van der Waals surface area contributed by atoms with Crippen molar-refractivity contribution in [1.82, 2.24) is 10.2 Å². The van der Waals surface area contributed by atoms with Gasteiger partial charge in [0.25, 0.3) is 0 Å². The van der Waals surface area contributed by atoms with Gasteiger partial charge in [0.2, 0.25) is 5.91 Å². The topological polar surface area (TPSA) is 49.4 Å². The van der Waals surface area contributed by atoms with Crippen LogP contribution in [0.4, 0.5) is 0 Å². The first-order valence-corrected chi connectivity index (χ1v) is 9.27. The Hall–Kier alpha value is -1.98. The second kappa shape index (κ2) is 8.92. The minimum Gasteiger partial charge on any atom is -0.352 e. The zero-order chi connectivity index (χ0) is 18.4. The number of ketones is 1. The molecule has 0 aliphatic heterocycles. The molecule has 0 saturated carbocycles. The Morgan fingerprint density at radius 2 is 1.76 bits per heavy atom. The fraction of sp³-hybridized carbons (Fsp3) is 0.400. The van der Waals surface area contributed by atoms with Crippen LogP contribution in [0, 0.1) is 13.8 Å². The van der Waals surface area contributed by atoms with Gasteiger partial charge in [0.15, 0.2) is 5.78 Å². The van der Waals surface area contributed by atoms with Crippen molar-refractivity contribution in [3.63, 3.8) is 0 Å². The SMILES string of the molecule is Cc1cc(C(=O)CCC(=O)NCc2ccccc2CN(C)C)c(C)s1. The monoisotopic (exact) mass is 358 g/mol. The molecule has 0 aliphatic carbocycles. The van der Waals surface area contributed by atoms with Crippen LogP contribution in [0.15, 0.2) is 30.3 Å². The van der Waals surface area contributed by atoms with Crippen LogP contribution < -0.4 is 5.32 Å². The molecule has 2 rings (SSSR count). The van der Waals surface area contributed by atoms with Crippen LogP contribution in [0.25, 0.3) is 0 Å². The summed E-state index contributed by atoms with van der Waals surface area (Å²) in [7, 11) is 4.05. The molecule has 1 N–H and O–H groups in total. The number of nitrogens with zero attached hydrogens (tertiary/aromatic N) is 1. The van der Waals surface area contributed by atoms with E-state index in [9.17, 15) is 9.59 Å². The molecule has 1 amide bonds. The van der Waals surface area contributed by atoms with Crippen LogP contribution in [-0.2, 0) is 17.9 Å². The zero-order valence-electron chi connectivity index (χ0n) is 15.4. The quantitative estimate of drug-likeness (QED) is 0.732. The molecule has 0 fully saturated rings. The van der Waals surface area contributed by atoms with E-state index in [-0.39, 0.29) is 24.5 Å². The number of rotatable bonds is 8. The van der Waals surface area contributed by atoms with Crippen molar-refractivity contribution in [2.45, 2.75) is 39.8 Å². The third-order valence-corrected chi connectivity index (χ3v) is 4.97. The van der Waals surface area contributed by atoms with Crippen LogP contribution in [-0.4, -0.2) is 30.7 Å². The number of carbonyl (C=O) groups excluding carboxylic acids is 2. The van der Waals surface area contributed by atoms with E-state index < -0.39 is 0 Å². The molecule has 1 aromatic carbocycles. The summed E-state index contributed by atoms with van der Waals surface area (Å²) in [5.41, 5.74) is 3.07. The van der Waals surface area contributed by atoms with Crippen molar-refractivity contribution >= 4 is 23.0 Å². The summed E-state index contributed by atoms with van der Waals surface area (Å²) in [5, 5.41) is 2.93. The highest BCUT2D eigenvalue weighted by molar-refractivity contribution is 7.12. The van der Waals surface area contributed by atoms with E-state index in [1.807, 2.05) is 52.2 Å². The lowest BCUT2D eigenvalue weighted by Gasteiger charge is -2.14. The largest absolute Gasteiger partial charge is 0.352 e. The van der Waals surface area contributed by atoms with Crippen LogP contribution in [0.3, 0.4) is 0 Å². The van der Waals surface area contributed by atoms with Crippen LogP contribution >= 0.6 is 11.3 Å². The lowest BCUT2D eigenvalue weighted by Crippen LogP contribution is -2.24. The minimum atomic E-state index is -0.0855. The molecule has 4 nitrogen and oxygen atoms in total. The van der Waals surface area contributed by atoms with E-state index >= 15 is 0 Å². The summed E-state index contributed by atoms with van der Waals surface area (Å²) in [6, 6.07) is 10.0. The Labute approximate surface area is 153 Å². The van der Waals surface area contributed by atoms with E-state index in [1.54, 1.807) is 11.3 Å². The molecule has 0 bridgehead atoms. The van der Waals surface area contributed by atoms with Gasteiger partial charge in [-0.05, 0) is 45.1 Å². The first kappa shape index (κ1) is 19.3. The Morgan fingerprint density at radius 1 is 1.08 bits per heavy atom. The predicted molar refractivity (Wildman–Crippen MR) is 103 cm³/mol. The molecule has 0 radical (unpaired) electrons. The molecule has 0 saturated heterocycles. The number of carbonyl (C=O) groups is 2. The van der Waals surface area contributed by atoms with Crippen molar-refractivity contribution in [1.29, 1.82) is 0 Å². The van der Waals surface area contributed by atoms with Gasteiger partial charge in [0.05, 0.1) is 0 Å². The summed E-state index contributed by atoms with van der Waals surface area (Å²) in [6.07, 6.45) is 0.477. The van der Waals surface area contributed by atoms with Gasteiger partial charge in [-0.25, -0.2) is 0 Å². The normalized spacial score (nSPS) is 10.9. The molecule has 0 spiro atoms. The Morgan fingerprint density at radius 3 is 2.36 bits per heavy atom. The van der Waals surface area contributed by atoms with Crippen molar-refractivity contribution in [3.05, 3.63) is 56.8 Å². The second-order valence-electron chi connectivity index (χ2n) is 6.53. The summed E-state index contributed by atoms with van der Waals surface area (Å²) in [4.78, 5) is 28.6. The maximum absolute atomic E-state index is 12.3. The van der Waals surface area contributed by atoms with E-state index in [0.29, 0.717) is 6.54 Å². The standard InChI is InChI=1S/C20H26N2O2S/c1-14-11-18(15(2)25-14)19(23)9-10-20(24)21-12-16-7-5-6-8-17(16)13-22(3)4/h5-8,11H,9-10,12-13H2,1-4H3,(H,21,24). The number of aryl methyl sites for hydroxylation is 2. The summed E-state index contributed by atoms with van der Waals surface area (Å²) < 4.78 is 0. The molecule has 1 aromatic heterocycles. The van der Waals surface area contributed by atoms with Gasteiger partial charge < -0.3 is 10.2 Å². The van der Waals surface area contributed by atoms with Crippen molar-refractivity contribution in [2.24, 2.45) is 0 Å². The molecular formula is C20H26N2O2S. The zero-order valence-corrected chi connectivity index (χ0v) is 16.2. The second-order valence-corrected chi connectivity index (χ2v) is 7.99. The average Bonchev–Trinajstić information content (AvgIpc) is 2.89. The molecule has 25 heavy (non-hydrogen) atoms. The van der Waals surface area contributed by atoms with Crippen LogP contribution in [0.2, 0.25) is 0 Å². The number of hydrogen-bond acceptors (Lipinski definition) is 4. The number of hydrogen-bond donors (Lipinski definition) is 1. The smallest absolute Gasteiger partial charge is 0.220 e. The highest BCUT2D eigenvalue weighted by Crippen LogP contribution is 2.22.